The highest BCUT2D eigenvalue weighted by molar-refractivity contribution is 4.88. The summed E-state index contributed by atoms with van der Waals surface area (Å²) in [7, 11) is 0. The first kappa shape index (κ1) is 13.9. The summed E-state index contributed by atoms with van der Waals surface area (Å²) >= 11 is 0. The Labute approximate surface area is 100 Å². The molecule has 0 saturated heterocycles. The topological polar surface area (TPSA) is 49.5 Å². The van der Waals surface area contributed by atoms with Crippen molar-refractivity contribution in [3.05, 3.63) is 0 Å². The van der Waals surface area contributed by atoms with E-state index in [-0.39, 0.29) is 6.61 Å². The molecule has 0 aromatic heterocycles. The summed E-state index contributed by atoms with van der Waals surface area (Å²) in [6.07, 6.45) is 7.22. The van der Waals surface area contributed by atoms with Crippen LogP contribution < -0.4 is 5.73 Å². The molecule has 0 aromatic rings. The minimum atomic E-state index is 0.250. The molecule has 0 bridgehead atoms. The average molecular weight is 228 g/mol. The summed E-state index contributed by atoms with van der Waals surface area (Å²) < 4.78 is 0. The number of nitrogens with two attached hydrogens (primary N) is 1. The Morgan fingerprint density at radius 2 is 1.88 bits per heavy atom. The predicted octanol–water partition coefficient (Wildman–Crippen LogP) is 1.74. The number of aliphatic hydroxyl groups is 1. The third kappa shape index (κ3) is 3.44. The first-order chi connectivity index (χ1) is 7.74. The monoisotopic (exact) mass is 228 g/mol. The molecule has 2 atom stereocenters. The SMILES string of the molecule is CCC(CC)N(CCO)C1CCCCC1N. The van der Waals surface area contributed by atoms with E-state index in [1.165, 1.54) is 19.3 Å². The van der Waals surface area contributed by atoms with Crippen LogP contribution in [0.4, 0.5) is 0 Å². The van der Waals surface area contributed by atoms with Crippen molar-refractivity contribution in [1.82, 2.24) is 4.90 Å². The largest absolute Gasteiger partial charge is 0.395 e. The van der Waals surface area contributed by atoms with Gasteiger partial charge < -0.3 is 10.8 Å². The van der Waals surface area contributed by atoms with Gasteiger partial charge in [0.2, 0.25) is 0 Å². The maximum Gasteiger partial charge on any atom is 0.0558 e. The lowest BCUT2D eigenvalue weighted by Gasteiger charge is -2.42. The van der Waals surface area contributed by atoms with Crippen molar-refractivity contribution in [2.24, 2.45) is 5.73 Å². The van der Waals surface area contributed by atoms with E-state index in [9.17, 15) is 5.11 Å². The molecule has 1 aliphatic carbocycles. The third-order valence-corrected chi connectivity index (χ3v) is 3.98. The van der Waals surface area contributed by atoms with Crippen molar-refractivity contribution < 1.29 is 5.11 Å². The highest BCUT2D eigenvalue weighted by Gasteiger charge is 2.30. The van der Waals surface area contributed by atoms with Crippen LogP contribution in [0.2, 0.25) is 0 Å². The highest BCUT2D eigenvalue weighted by Crippen LogP contribution is 2.25. The lowest BCUT2D eigenvalue weighted by atomic mass is 9.88. The minimum absolute atomic E-state index is 0.250. The fourth-order valence-electron chi connectivity index (χ4n) is 3.04. The van der Waals surface area contributed by atoms with Gasteiger partial charge in [0, 0.05) is 24.7 Å². The van der Waals surface area contributed by atoms with Gasteiger partial charge in [-0.25, -0.2) is 0 Å². The van der Waals surface area contributed by atoms with Crippen LogP contribution in [-0.2, 0) is 0 Å². The Morgan fingerprint density at radius 1 is 1.25 bits per heavy atom. The van der Waals surface area contributed by atoms with Crippen LogP contribution in [0, 0.1) is 0 Å². The van der Waals surface area contributed by atoms with Crippen LogP contribution in [0.15, 0.2) is 0 Å². The van der Waals surface area contributed by atoms with Crippen molar-refractivity contribution in [2.75, 3.05) is 13.2 Å². The molecular weight excluding hydrogens is 200 g/mol. The van der Waals surface area contributed by atoms with Crippen LogP contribution >= 0.6 is 0 Å². The molecular formula is C13H28N2O. The fraction of sp³-hybridized carbons (Fsp3) is 1.00. The molecule has 96 valence electrons. The molecule has 0 amide bonds. The second-order valence-electron chi connectivity index (χ2n) is 4.95. The van der Waals surface area contributed by atoms with E-state index >= 15 is 0 Å². The van der Waals surface area contributed by atoms with E-state index < -0.39 is 0 Å². The van der Waals surface area contributed by atoms with Crippen molar-refractivity contribution in [3.8, 4) is 0 Å². The van der Waals surface area contributed by atoms with Crippen molar-refractivity contribution >= 4 is 0 Å². The Hall–Kier alpha value is -0.120. The molecule has 1 saturated carbocycles. The Kier molecular flexibility index (Phi) is 6.32. The van der Waals surface area contributed by atoms with Gasteiger partial charge in [0.05, 0.1) is 6.61 Å². The lowest BCUT2D eigenvalue weighted by Crippen LogP contribution is -2.54. The molecule has 3 N–H and O–H groups in total. The first-order valence-corrected chi connectivity index (χ1v) is 6.86. The average Bonchev–Trinajstić information content (AvgIpc) is 2.30. The van der Waals surface area contributed by atoms with Gasteiger partial charge >= 0.3 is 0 Å². The summed E-state index contributed by atoms with van der Waals surface area (Å²) in [5, 5.41) is 9.21. The molecule has 1 aliphatic rings. The second kappa shape index (κ2) is 7.25. The summed E-state index contributed by atoms with van der Waals surface area (Å²) in [6.45, 7) is 5.49. The molecule has 0 aromatic carbocycles. The van der Waals surface area contributed by atoms with E-state index in [0.29, 0.717) is 18.1 Å². The van der Waals surface area contributed by atoms with Crippen LogP contribution in [0.5, 0.6) is 0 Å². The number of nitrogens with zero attached hydrogens (tertiary/aromatic N) is 1. The van der Waals surface area contributed by atoms with Gasteiger partial charge in [-0.15, -0.1) is 0 Å². The quantitative estimate of drug-likeness (QED) is 0.728. The molecule has 0 spiro atoms. The smallest absolute Gasteiger partial charge is 0.0558 e. The molecule has 16 heavy (non-hydrogen) atoms. The Balaban J connectivity index is 2.65. The number of hydrogen-bond donors (Lipinski definition) is 2. The van der Waals surface area contributed by atoms with Gasteiger partial charge in [-0.1, -0.05) is 26.7 Å². The van der Waals surface area contributed by atoms with Gasteiger partial charge in [-0.3, -0.25) is 4.90 Å². The van der Waals surface area contributed by atoms with E-state index in [1.807, 2.05) is 0 Å². The molecule has 3 nitrogen and oxygen atoms in total. The minimum Gasteiger partial charge on any atom is -0.395 e. The zero-order valence-electron chi connectivity index (χ0n) is 10.9. The first-order valence-electron chi connectivity index (χ1n) is 6.86. The van der Waals surface area contributed by atoms with Gasteiger partial charge in [-0.05, 0) is 25.7 Å². The van der Waals surface area contributed by atoms with Crippen LogP contribution in [-0.4, -0.2) is 41.3 Å². The van der Waals surface area contributed by atoms with Gasteiger partial charge in [0.1, 0.15) is 0 Å². The van der Waals surface area contributed by atoms with Crippen LogP contribution in [0.3, 0.4) is 0 Å². The Bertz CT molecular complexity index is 183. The third-order valence-electron chi connectivity index (χ3n) is 3.98. The summed E-state index contributed by atoms with van der Waals surface area (Å²) in [5.41, 5.74) is 6.23. The molecule has 2 unspecified atom stereocenters. The molecule has 1 fully saturated rings. The summed E-state index contributed by atoms with van der Waals surface area (Å²) in [5.74, 6) is 0. The van der Waals surface area contributed by atoms with Crippen molar-refractivity contribution in [2.45, 2.75) is 70.5 Å². The highest BCUT2D eigenvalue weighted by atomic mass is 16.3. The van der Waals surface area contributed by atoms with Crippen LogP contribution in [0.25, 0.3) is 0 Å². The van der Waals surface area contributed by atoms with Gasteiger partial charge in [0.25, 0.3) is 0 Å². The number of hydrogen-bond acceptors (Lipinski definition) is 3. The number of rotatable bonds is 6. The summed E-state index contributed by atoms with van der Waals surface area (Å²) in [6, 6.07) is 1.38. The maximum atomic E-state index is 9.21. The number of aliphatic hydroxyl groups excluding tert-OH is 1. The summed E-state index contributed by atoms with van der Waals surface area (Å²) in [4.78, 5) is 2.46. The van der Waals surface area contributed by atoms with Gasteiger partial charge in [-0.2, -0.15) is 0 Å². The van der Waals surface area contributed by atoms with E-state index in [4.69, 9.17) is 5.73 Å². The Morgan fingerprint density at radius 3 is 2.38 bits per heavy atom. The molecule has 1 rings (SSSR count). The zero-order valence-corrected chi connectivity index (χ0v) is 10.9. The normalized spacial score (nSPS) is 26.6. The maximum absolute atomic E-state index is 9.21. The standard InChI is InChI=1S/C13H28N2O/c1-3-11(4-2)15(9-10-16)13-8-6-5-7-12(13)14/h11-13,16H,3-10,14H2,1-2H3. The lowest BCUT2D eigenvalue weighted by molar-refractivity contribution is 0.0651. The fourth-order valence-corrected chi connectivity index (χ4v) is 3.04. The van der Waals surface area contributed by atoms with Gasteiger partial charge in [0.15, 0.2) is 0 Å². The molecule has 3 heteroatoms. The molecule has 0 aliphatic heterocycles. The van der Waals surface area contributed by atoms with Crippen LogP contribution in [0.1, 0.15) is 52.4 Å². The zero-order chi connectivity index (χ0) is 12.0. The van der Waals surface area contributed by atoms with Crippen molar-refractivity contribution in [1.29, 1.82) is 0 Å². The van der Waals surface area contributed by atoms with Crippen molar-refractivity contribution in [3.63, 3.8) is 0 Å². The predicted molar refractivity (Wildman–Crippen MR) is 68.4 cm³/mol. The van der Waals surface area contributed by atoms with E-state index in [2.05, 4.69) is 18.7 Å². The van der Waals surface area contributed by atoms with E-state index in [0.717, 1.165) is 25.8 Å². The van der Waals surface area contributed by atoms with E-state index in [1.54, 1.807) is 0 Å². The molecule has 0 radical (unpaired) electrons. The second-order valence-corrected chi connectivity index (χ2v) is 4.95. The molecule has 0 heterocycles.